The molecule has 6 nitrogen and oxygen atoms in total. The normalized spacial score (nSPS) is 16.7. The number of carbonyl (C=O) groups excluding carboxylic acids is 2. The molecule has 1 aliphatic heterocycles. The lowest BCUT2D eigenvalue weighted by atomic mass is 10.0. The van der Waals surface area contributed by atoms with Gasteiger partial charge >= 0.3 is 0 Å². The molecule has 1 aromatic carbocycles. The molecule has 0 bridgehead atoms. The van der Waals surface area contributed by atoms with Crippen molar-refractivity contribution in [1.29, 1.82) is 0 Å². The standard InChI is InChI=1S/C18H27N3O3/c1-3-21(18(23)9-8-14-10-11-19-12-14)13-17(22)20-15-6-4-5-7-16(15)24-2/h4-7,14,19H,3,8-13H2,1-2H3,(H,20,22). The van der Waals surface area contributed by atoms with E-state index in [0.29, 0.717) is 30.3 Å². The molecule has 132 valence electrons. The van der Waals surface area contributed by atoms with E-state index in [-0.39, 0.29) is 18.4 Å². The summed E-state index contributed by atoms with van der Waals surface area (Å²) in [6.45, 7) is 4.52. The molecule has 6 heteroatoms. The van der Waals surface area contributed by atoms with Gasteiger partial charge in [-0.25, -0.2) is 0 Å². The van der Waals surface area contributed by atoms with Gasteiger partial charge < -0.3 is 20.3 Å². The Kier molecular flexibility index (Phi) is 7.06. The SMILES string of the molecule is CCN(CC(=O)Nc1ccccc1OC)C(=O)CCC1CCNC1. The van der Waals surface area contributed by atoms with Gasteiger partial charge in [0.05, 0.1) is 19.3 Å². The predicted octanol–water partition coefficient (Wildman–Crippen LogP) is 1.87. The summed E-state index contributed by atoms with van der Waals surface area (Å²) in [5, 5.41) is 6.12. The van der Waals surface area contributed by atoms with Crippen LogP contribution in [-0.4, -0.2) is 50.0 Å². The van der Waals surface area contributed by atoms with Gasteiger partial charge in [-0.1, -0.05) is 12.1 Å². The number of nitrogens with zero attached hydrogens (tertiary/aromatic N) is 1. The summed E-state index contributed by atoms with van der Waals surface area (Å²) in [5.74, 6) is 1.01. The average molecular weight is 333 g/mol. The number of amides is 2. The van der Waals surface area contributed by atoms with Crippen LogP contribution in [0.3, 0.4) is 0 Å². The van der Waals surface area contributed by atoms with Crippen molar-refractivity contribution in [2.75, 3.05) is 38.6 Å². The Labute approximate surface area is 143 Å². The molecule has 0 aliphatic carbocycles. The van der Waals surface area contributed by atoms with Crippen molar-refractivity contribution in [1.82, 2.24) is 10.2 Å². The summed E-state index contributed by atoms with van der Waals surface area (Å²) in [7, 11) is 1.56. The highest BCUT2D eigenvalue weighted by molar-refractivity contribution is 5.95. The Bertz CT molecular complexity index is 556. The Morgan fingerprint density at radius 2 is 2.17 bits per heavy atom. The summed E-state index contributed by atoms with van der Waals surface area (Å²) >= 11 is 0. The molecule has 1 atom stereocenters. The van der Waals surface area contributed by atoms with Gasteiger partial charge in [0.15, 0.2) is 0 Å². The van der Waals surface area contributed by atoms with Gasteiger partial charge in [0.2, 0.25) is 11.8 Å². The van der Waals surface area contributed by atoms with Crippen LogP contribution in [0.25, 0.3) is 0 Å². The first-order valence-corrected chi connectivity index (χ1v) is 8.55. The third-order valence-corrected chi connectivity index (χ3v) is 4.38. The highest BCUT2D eigenvalue weighted by Crippen LogP contribution is 2.23. The topological polar surface area (TPSA) is 70.7 Å². The first-order valence-electron chi connectivity index (χ1n) is 8.55. The van der Waals surface area contributed by atoms with E-state index < -0.39 is 0 Å². The minimum absolute atomic E-state index is 0.0413. The summed E-state index contributed by atoms with van der Waals surface area (Å²) in [5.41, 5.74) is 0.616. The number of likely N-dealkylation sites (N-methyl/N-ethyl adjacent to an activating group) is 1. The summed E-state index contributed by atoms with van der Waals surface area (Å²) in [4.78, 5) is 26.2. The minimum Gasteiger partial charge on any atom is -0.495 e. The van der Waals surface area contributed by atoms with E-state index in [0.717, 1.165) is 25.9 Å². The lowest BCUT2D eigenvalue weighted by Crippen LogP contribution is -2.38. The van der Waals surface area contributed by atoms with Crippen LogP contribution in [0.15, 0.2) is 24.3 Å². The molecular weight excluding hydrogens is 306 g/mol. The third-order valence-electron chi connectivity index (χ3n) is 4.38. The Morgan fingerprint density at radius 1 is 1.38 bits per heavy atom. The summed E-state index contributed by atoms with van der Waals surface area (Å²) < 4.78 is 5.22. The Balaban J connectivity index is 1.84. The highest BCUT2D eigenvalue weighted by atomic mass is 16.5. The number of anilines is 1. The first kappa shape index (κ1) is 18.3. The zero-order valence-electron chi connectivity index (χ0n) is 14.5. The van der Waals surface area contributed by atoms with Gasteiger partial charge in [-0.05, 0) is 50.9 Å². The van der Waals surface area contributed by atoms with E-state index in [1.807, 2.05) is 19.1 Å². The van der Waals surface area contributed by atoms with Gasteiger partial charge in [0.25, 0.3) is 0 Å². The number of hydrogen-bond donors (Lipinski definition) is 2. The molecule has 24 heavy (non-hydrogen) atoms. The second-order valence-electron chi connectivity index (χ2n) is 6.05. The molecule has 2 rings (SSSR count). The maximum Gasteiger partial charge on any atom is 0.244 e. The molecule has 0 spiro atoms. The van der Waals surface area contributed by atoms with Crippen LogP contribution in [0.1, 0.15) is 26.2 Å². The molecule has 0 aromatic heterocycles. The highest BCUT2D eigenvalue weighted by Gasteiger charge is 2.20. The molecule has 1 aromatic rings. The van der Waals surface area contributed by atoms with Crippen LogP contribution in [0.2, 0.25) is 0 Å². The number of para-hydroxylation sites is 2. The second kappa shape index (κ2) is 9.27. The fourth-order valence-electron chi connectivity index (χ4n) is 2.93. The fourth-order valence-corrected chi connectivity index (χ4v) is 2.93. The van der Waals surface area contributed by atoms with Crippen molar-refractivity contribution in [3.05, 3.63) is 24.3 Å². The van der Waals surface area contributed by atoms with Crippen LogP contribution >= 0.6 is 0 Å². The van der Waals surface area contributed by atoms with Crippen molar-refractivity contribution < 1.29 is 14.3 Å². The maximum atomic E-state index is 12.3. The van der Waals surface area contributed by atoms with Crippen LogP contribution in [0.5, 0.6) is 5.75 Å². The van der Waals surface area contributed by atoms with Crippen molar-refractivity contribution in [3.8, 4) is 5.75 Å². The average Bonchev–Trinajstić information content (AvgIpc) is 3.11. The molecule has 2 N–H and O–H groups in total. The zero-order valence-corrected chi connectivity index (χ0v) is 14.5. The predicted molar refractivity (Wildman–Crippen MR) is 94.1 cm³/mol. The number of carbonyl (C=O) groups is 2. The van der Waals surface area contributed by atoms with E-state index >= 15 is 0 Å². The van der Waals surface area contributed by atoms with Crippen LogP contribution in [0, 0.1) is 5.92 Å². The van der Waals surface area contributed by atoms with Gasteiger partial charge in [-0.15, -0.1) is 0 Å². The van der Waals surface area contributed by atoms with Crippen LogP contribution in [-0.2, 0) is 9.59 Å². The number of methoxy groups -OCH3 is 1. The van der Waals surface area contributed by atoms with Gasteiger partial charge in [-0.2, -0.15) is 0 Å². The van der Waals surface area contributed by atoms with Crippen molar-refractivity contribution in [2.45, 2.75) is 26.2 Å². The monoisotopic (exact) mass is 333 g/mol. The number of rotatable bonds is 8. The minimum atomic E-state index is -0.211. The van der Waals surface area contributed by atoms with E-state index in [1.165, 1.54) is 0 Å². The van der Waals surface area contributed by atoms with Crippen molar-refractivity contribution in [2.24, 2.45) is 5.92 Å². The quantitative estimate of drug-likeness (QED) is 0.762. The lowest BCUT2D eigenvalue weighted by molar-refractivity contribution is -0.134. The first-order chi connectivity index (χ1) is 11.6. The van der Waals surface area contributed by atoms with Gasteiger partial charge in [-0.3, -0.25) is 9.59 Å². The van der Waals surface area contributed by atoms with Gasteiger partial charge in [0, 0.05) is 13.0 Å². The van der Waals surface area contributed by atoms with Crippen molar-refractivity contribution >= 4 is 17.5 Å². The largest absolute Gasteiger partial charge is 0.495 e. The zero-order chi connectivity index (χ0) is 17.4. The van der Waals surface area contributed by atoms with E-state index in [4.69, 9.17) is 4.74 Å². The summed E-state index contributed by atoms with van der Waals surface area (Å²) in [6.07, 6.45) is 2.52. The number of benzene rings is 1. The van der Waals surface area contributed by atoms with E-state index in [2.05, 4.69) is 10.6 Å². The van der Waals surface area contributed by atoms with E-state index in [1.54, 1.807) is 24.1 Å². The molecule has 0 radical (unpaired) electrons. The molecular formula is C18H27N3O3. The molecule has 1 heterocycles. The number of hydrogen-bond acceptors (Lipinski definition) is 4. The molecule has 1 fully saturated rings. The smallest absolute Gasteiger partial charge is 0.244 e. The Morgan fingerprint density at radius 3 is 2.83 bits per heavy atom. The number of ether oxygens (including phenoxy) is 1. The molecule has 0 saturated carbocycles. The molecule has 1 unspecified atom stereocenters. The van der Waals surface area contributed by atoms with Gasteiger partial charge in [0.1, 0.15) is 5.75 Å². The van der Waals surface area contributed by atoms with Crippen LogP contribution < -0.4 is 15.4 Å². The second-order valence-corrected chi connectivity index (χ2v) is 6.05. The Hall–Kier alpha value is -2.08. The summed E-state index contributed by atoms with van der Waals surface area (Å²) in [6, 6.07) is 7.24. The third kappa shape index (κ3) is 5.23. The fraction of sp³-hybridized carbons (Fsp3) is 0.556. The van der Waals surface area contributed by atoms with E-state index in [9.17, 15) is 9.59 Å². The van der Waals surface area contributed by atoms with Crippen LogP contribution in [0.4, 0.5) is 5.69 Å². The lowest BCUT2D eigenvalue weighted by Gasteiger charge is -2.21. The molecule has 1 aliphatic rings. The molecule has 1 saturated heterocycles. The maximum absolute atomic E-state index is 12.3. The van der Waals surface area contributed by atoms with Crippen molar-refractivity contribution in [3.63, 3.8) is 0 Å². The number of nitrogens with one attached hydrogen (secondary N) is 2. The molecule has 2 amide bonds.